The molecule has 0 bridgehead atoms. The molecule has 0 unspecified atom stereocenters. The van der Waals surface area contributed by atoms with Gasteiger partial charge in [0.2, 0.25) is 0 Å². The summed E-state index contributed by atoms with van der Waals surface area (Å²) in [7, 11) is 3.85. The van der Waals surface area contributed by atoms with Gasteiger partial charge >= 0.3 is 0 Å². The van der Waals surface area contributed by atoms with Gasteiger partial charge in [0.1, 0.15) is 18.1 Å². The third-order valence-electron chi connectivity index (χ3n) is 3.35. The molecule has 0 atom stereocenters. The fourth-order valence-electron chi connectivity index (χ4n) is 2.26. The minimum atomic E-state index is 0.472. The smallest absolute Gasteiger partial charge is 0.133 e. The molecule has 3 aromatic rings. The quantitative estimate of drug-likeness (QED) is 0.789. The van der Waals surface area contributed by atoms with Crippen molar-refractivity contribution < 1.29 is 4.74 Å². The van der Waals surface area contributed by atoms with Crippen LogP contribution in [0.5, 0.6) is 5.75 Å². The molecule has 1 aromatic heterocycles. The Morgan fingerprint density at radius 1 is 1.10 bits per heavy atom. The second kappa shape index (κ2) is 5.25. The summed E-state index contributed by atoms with van der Waals surface area (Å²) >= 11 is 0. The first kappa shape index (κ1) is 12.5. The van der Waals surface area contributed by atoms with E-state index in [4.69, 9.17) is 4.74 Å². The molecule has 20 heavy (non-hydrogen) atoms. The molecule has 1 heterocycles. The summed E-state index contributed by atoms with van der Waals surface area (Å²) in [6, 6.07) is 16.1. The number of para-hydroxylation sites is 1. The summed E-state index contributed by atoms with van der Waals surface area (Å²) in [6.07, 6.45) is 0. The van der Waals surface area contributed by atoms with Gasteiger partial charge < -0.3 is 10.1 Å². The molecule has 2 aromatic carbocycles. The van der Waals surface area contributed by atoms with Gasteiger partial charge in [-0.05, 0) is 30.3 Å². The Balaban J connectivity index is 1.79. The van der Waals surface area contributed by atoms with Gasteiger partial charge in [-0.15, -0.1) is 0 Å². The number of aromatic nitrogens is 2. The number of rotatable bonds is 4. The molecular weight excluding hydrogens is 250 g/mol. The minimum absolute atomic E-state index is 0.472. The summed E-state index contributed by atoms with van der Waals surface area (Å²) in [5, 5.41) is 8.74. The first-order valence-electron chi connectivity index (χ1n) is 6.59. The molecule has 3 rings (SSSR count). The van der Waals surface area contributed by atoms with E-state index in [2.05, 4.69) is 22.5 Å². The average molecular weight is 267 g/mol. The van der Waals surface area contributed by atoms with Crippen molar-refractivity contribution in [1.82, 2.24) is 9.78 Å². The Morgan fingerprint density at radius 2 is 1.85 bits per heavy atom. The first-order valence-corrected chi connectivity index (χ1v) is 6.59. The Bertz CT molecular complexity index is 716. The summed E-state index contributed by atoms with van der Waals surface area (Å²) in [5.74, 6) is 0.846. The molecule has 0 saturated carbocycles. The summed E-state index contributed by atoms with van der Waals surface area (Å²) in [6.45, 7) is 0.472. The Morgan fingerprint density at radius 3 is 2.60 bits per heavy atom. The summed E-state index contributed by atoms with van der Waals surface area (Å²) < 4.78 is 7.70. The van der Waals surface area contributed by atoms with Crippen molar-refractivity contribution >= 4 is 16.6 Å². The number of nitrogens with one attached hydrogen (secondary N) is 1. The number of fused-ring (bicyclic) bond motifs is 1. The SMILES string of the molecule is CNc1ccc(OCc2nn(C)c3ccccc23)cc1. The molecule has 4 nitrogen and oxygen atoms in total. The fourth-order valence-corrected chi connectivity index (χ4v) is 2.26. The van der Waals surface area contributed by atoms with Crippen LogP contribution in [0.3, 0.4) is 0 Å². The number of hydrogen-bond donors (Lipinski definition) is 1. The molecule has 1 N–H and O–H groups in total. The lowest BCUT2D eigenvalue weighted by molar-refractivity contribution is 0.301. The average Bonchev–Trinajstić information content (AvgIpc) is 2.83. The van der Waals surface area contributed by atoms with Crippen LogP contribution in [0.15, 0.2) is 48.5 Å². The number of benzene rings is 2. The molecule has 0 amide bonds. The molecule has 0 saturated heterocycles. The maximum Gasteiger partial charge on any atom is 0.133 e. The highest BCUT2D eigenvalue weighted by Gasteiger charge is 2.08. The second-order valence-electron chi connectivity index (χ2n) is 4.65. The number of anilines is 1. The van der Waals surface area contributed by atoms with Crippen LogP contribution in [0.1, 0.15) is 5.69 Å². The molecular formula is C16H17N3O. The normalized spacial score (nSPS) is 10.7. The molecule has 0 radical (unpaired) electrons. The lowest BCUT2D eigenvalue weighted by Gasteiger charge is -2.05. The van der Waals surface area contributed by atoms with Crippen LogP contribution in [-0.4, -0.2) is 16.8 Å². The third kappa shape index (κ3) is 2.32. The number of ether oxygens (including phenoxy) is 1. The molecule has 102 valence electrons. The number of aryl methyl sites for hydroxylation is 1. The van der Waals surface area contributed by atoms with Crippen LogP contribution in [0, 0.1) is 0 Å². The van der Waals surface area contributed by atoms with Gasteiger partial charge in [-0.2, -0.15) is 5.10 Å². The topological polar surface area (TPSA) is 39.1 Å². The highest BCUT2D eigenvalue weighted by Crippen LogP contribution is 2.20. The van der Waals surface area contributed by atoms with Crippen molar-refractivity contribution in [2.24, 2.45) is 7.05 Å². The molecule has 0 spiro atoms. The summed E-state index contributed by atoms with van der Waals surface area (Å²) in [4.78, 5) is 0. The van der Waals surface area contributed by atoms with Gasteiger partial charge in [0.25, 0.3) is 0 Å². The number of hydrogen-bond acceptors (Lipinski definition) is 3. The van der Waals surface area contributed by atoms with Gasteiger partial charge in [-0.1, -0.05) is 18.2 Å². The lowest BCUT2D eigenvalue weighted by atomic mass is 10.2. The molecule has 0 aliphatic heterocycles. The van der Waals surface area contributed by atoms with Crippen LogP contribution >= 0.6 is 0 Å². The van der Waals surface area contributed by atoms with Crippen LogP contribution in [0.2, 0.25) is 0 Å². The van der Waals surface area contributed by atoms with Crippen molar-refractivity contribution in [1.29, 1.82) is 0 Å². The zero-order valence-electron chi connectivity index (χ0n) is 11.6. The van der Waals surface area contributed by atoms with Gasteiger partial charge in [0.05, 0.1) is 5.52 Å². The van der Waals surface area contributed by atoms with E-state index in [1.54, 1.807) is 0 Å². The van der Waals surface area contributed by atoms with Crippen molar-refractivity contribution in [3.63, 3.8) is 0 Å². The van der Waals surface area contributed by atoms with Crippen molar-refractivity contribution in [3.05, 3.63) is 54.2 Å². The Kier molecular flexibility index (Phi) is 3.29. The Labute approximate surface area is 118 Å². The molecule has 0 aliphatic carbocycles. The lowest BCUT2D eigenvalue weighted by Crippen LogP contribution is -1.98. The standard InChI is InChI=1S/C16H17N3O/c1-17-12-7-9-13(10-8-12)20-11-15-14-5-3-4-6-16(14)19(2)18-15/h3-10,17H,11H2,1-2H3. The summed E-state index contributed by atoms with van der Waals surface area (Å²) in [5.41, 5.74) is 3.15. The largest absolute Gasteiger partial charge is 0.487 e. The van der Waals surface area contributed by atoms with Gasteiger partial charge in [0, 0.05) is 25.2 Å². The molecule has 0 aliphatic rings. The van der Waals surface area contributed by atoms with E-state index in [1.165, 1.54) is 0 Å². The van der Waals surface area contributed by atoms with Gasteiger partial charge in [-0.25, -0.2) is 0 Å². The van der Waals surface area contributed by atoms with Gasteiger partial charge in [0.15, 0.2) is 0 Å². The third-order valence-corrected chi connectivity index (χ3v) is 3.35. The van der Waals surface area contributed by atoms with E-state index >= 15 is 0 Å². The number of nitrogens with zero attached hydrogens (tertiary/aromatic N) is 2. The highest BCUT2D eigenvalue weighted by molar-refractivity contribution is 5.81. The fraction of sp³-hybridized carbons (Fsp3) is 0.188. The maximum atomic E-state index is 5.81. The zero-order valence-corrected chi connectivity index (χ0v) is 11.6. The zero-order chi connectivity index (χ0) is 13.9. The van der Waals surface area contributed by atoms with Crippen LogP contribution in [-0.2, 0) is 13.7 Å². The van der Waals surface area contributed by atoms with Crippen LogP contribution < -0.4 is 10.1 Å². The van der Waals surface area contributed by atoms with Crippen LogP contribution in [0.25, 0.3) is 10.9 Å². The van der Waals surface area contributed by atoms with E-state index in [0.29, 0.717) is 6.61 Å². The first-order chi connectivity index (χ1) is 9.78. The maximum absolute atomic E-state index is 5.81. The minimum Gasteiger partial charge on any atom is -0.487 e. The van der Waals surface area contributed by atoms with E-state index in [9.17, 15) is 0 Å². The van der Waals surface area contributed by atoms with E-state index in [1.807, 2.05) is 55.2 Å². The predicted octanol–water partition coefficient (Wildman–Crippen LogP) is 3.19. The highest BCUT2D eigenvalue weighted by atomic mass is 16.5. The Hall–Kier alpha value is -2.49. The van der Waals surface area contributed by atoms with E-state index in [-0.39, 0.29) is 0 Å². The second-order valence-corrected chi connectivity index (χ2v) is 4.65. The molecule has 0 fully saturated rings. The predicted molar refractivity (Wildman–Crippen MR) is 81.0 cm³/mol. The van der Waals surface area contributed by atoms with E-state index in [0.717, 1.165) is 28.0 Å². The monoisotopic (exact) mass is 267 g/mol. The van der Waals surface area contributed by atoms with Crippen molar-refractivity contribution in [3.8, 4) is 5.75 Å². The van der Waals surface area contributed by atoms with E-state index < -0.39 is 0 Å². The molecule has 4 heteroatoms. The van der Waals surface area contributed by atoms with Crippen molar-refractivity contribution in [2.75, 3.05) is 12.4 Å². The van der Waals surface area contributed by atoms with Crippen LogP contribution in [0.4, 0.5) is 5.69 Å². The van der Waals surface area contributed by atoms with Crippen molar-refractivity contribution in [2.45, 2.75) is 6.61 Å². The van der Waals surface area contributed by atoms with Gasteiger partial charge in [-0.3, -0.25) is 4.68 Å².